The number of hydrogen-bond acceptors (Lipinski definition) is 6. The summed E-state index contributed by atoms with van der Waals surface area (Å²) < 4.78 is 5.19. The molecule has 0 aliphatic carbocycles. The second kappa shape index (κ2) is 10.1. The van der Waals surface area contributed by atoms with Gasteiger partial charge in [-0.3, -0.25) is 9.78 Å². The molecule has 0 saturated carbocycles. The van der Waals surface area contributed by atoms with Crippen molar-refractivity contribution in [3.63, 3.8) is 0 Å². The van der Waals surface area contributed by atoms with Crippen LogP contribution in [-0.2, 0) is 17.0 Å². The quantitative estimate of drug-likeness (QED) is 0.676. The molecule has 0 spiro atoms. The van der Waals surface area contributed by atoms with E-state index in [0.717, 1.165) is 61.7 Å². The Morgan fingerprint density at radius 3 is 2.64 bits per heavy atom. The molecule has 28 heavy (non-hydrogen) atoms. The van der Waals surface area contributed by atoms with Crippen molar-refractivity contribution in [2.45, 2.75) is 44.9 Å². The van der Waals surface area contributed by atoms with Crippen molar-refractivity contribution in [2.24, 2.45) is 0 Å². The minimum absolute atomic E-state index is 0.215. The third-order valence-electron chi connectivity index (χ3n) is 5.62. The number of aromatic nitrogens is 2. The summed E-state index contributed by atoms with van der Waals surface area (Å²) in [6, 6.07) is 4.52. The summed E-state index contributed by atoms with van der Waals surface area (Å²) >= 11 is 1.64. The highest BCUT2D eigenvalue weighted by atomic mass is 32.2. The number of pyridine rings is 1. The highest BCUT2D eigenvalue weighted by molar-refractivity contribution is 7.99. The summed E-state index contributed by atoms with van der Waals surface area (Å²) in [5.41, 5.74) is 3.37. The number of thioether (sulfide) groups is 1. The standard InChI is InChI=1S/C21H30N4O2S/c1-16-20(17(2)27-23-16)14-28-15-21(26)24(3)19-7-12-25(13-8-19)11-6-18-4-9-22-10-5-18/h4-5,9-10,19H,6-8,11-15H2,1-3H3. The van der Waals surface area contributed by atoms with Crippen LogP contribution in [0.15, 0.2) is 29.0 Å². The van der Waals surface area contributed by atoms with E-state index in [9.17, 15) is 4.79 Å². The molecule has 7 heteroatoms. The number of likely N-dealkylation sites (tertiary alicyclic amines) is 1. The first-order valence-electron chi connectivity index (χ1n) is 9.91. The molecular weight excluding hydrogens is 372 g/mol. The second-order valence-electron chi connectivity index (χ2n) is 7.48. The fourth-order valence-electron chi connectivity index (χ4n) is 3.62. The fraction of sp³-hybridized carbons (Fsp3) is 0.571. The first-order valence-corrected chi connectivity index (χ1v) is 11.1. The molecule has 2 aromatic heterocycles. The molecule has 3 heterocycles. The molecule has 0 radical (unpaired) electrons. The van der Waals surface area contributed by atoms with Crippen molar-refractivity contribution in [2.75, 3.05) is 32.4 Å². The Morgan fingerprint density at radius 2 is 2.00 bits per heavy atom. The Labute approximate surface area is 171 Å². The van der Waals surface area contributed by atoms with E-state index in [4.69, 9.17) is 4.52 Å². The normalized spacial score (nSPS) is 15.7. The van der Waals surface area contributed by atoms with Gasteiger partial charge < -0.3 is 14.3 Å². The SMILES string of the molecule is Cc1noc(C)c1CSCC(=O)N(C)C1CCN(CCc2ccncc2)CC1. The van der Waals surface area contributed by atoms with Gasteiger partial charge in [-0.15, -0.1) is 11.8 Å². The molecule has 0 atom stereocenters. The molecule has 0 bridgehead atoms. The summed E-state index contributed by atoms with van der Waals surface area (Å²) in [5.74, 6) is 2.34. The zero-order chi connectivity index (χ0) is 19.9. The van der Waals surface area contributed by atoms with Crippen LogP contribution in [0.2, 0.25) is 0 Å². The van der Waals surface area contributed by atoms with Crippen LogP contribution in [0.5, 0.6) is 0 Å². The first-order chi connectivity index (χ1) is 13.5. The maximum atomic E-state index is 12.6. The van der Waals surface area contributed by atoms with Crippen LogP contribution in [0.4, 0.5) is 0 Å². The first kappa shape index (κ1) is 20.9. The van der Waals surface area contributed by atoms with Crippen LogP contribution in [0, 0.1) is 13.8 Å². The van der Waals surface area contributed by atoms with Crippen molar-refractivity contribution in [3.05, 3.63) is 47.1 Å². The van der Waals surface area contributed by atoms with Crippen LogP contribution in [0.3, 0.4) is 0 Å². The van der Waals surface area contributed by atoms with Gasteiger partial charge in [-0.25, -0.2) is 0 Å². The lowest BCUT2D eigenvalue weighted by Gasteiger charge is -2.36. The van der Waals surface area contributed by atoms with Crippen LogP contribution in [-0.4, -0.2) is 64.3 Å². The zero-order valence-electron chi connectivity index (χ0n) is 17.1. The smallest absolute Gasteiger partial charge is 0.232 e. The lowest BCUT2D eigenvalue weighted by atomic mass is 10.0. The second-order valence-corrected chi connectivity index (χ2v) is 8.46. The van der Waals surface area contributed by atoms with Gasteiger partial charge in [0.05, 0.1) is 11.4 Å². The number of aryl methyl sites for hydroxylation is 2. The van der Waals surface area contributed by atoms with E-state index >= 15 is 0 Å². The number of amides is 1. The van der Waals surface area contributed by atoms with Crippen molar-refractivity contribution >= 4 is 17.7 Å². The maximum absolute atomic E-state index is 12.6. The highest BCUT2D eigenvalue weighted by Gasteiger charge is 2.25. The summed E-state index contributed by atoms with van der Waals surface area (Å²) in [6.45, 7) is 7.05. The van der Waals surface area contributed by atoms with Crippen molar-refractivity contribution < 1.29 is 9.32 Å². The van der Waals surface area contributed by atoms with E-state index in [-0.39, 0.29) is 5.91 Å². The van der Waals surface area contributed by atoms with Crippen LogP contribution >= 0.6 is 11.8 Å². The average molecular weight is 403 g/mol. The predicted molar refractivity (Wildman–Crippen MR) is 112 cm³/mol. The minimum atomic E-state index is 0.215. The Hall–Kier alpha value is -1.86. The fourth-order valence-corrected chi connectivity index (χ4v) is 4.72. The van der Waals surface area contributed by atoms with Gasteiger partial charge in [0.25, 0.3) is 0 Å². The van der Waals surface area contributed by atoms with E-state index < -0.39 is 0 Å². The Balaban J connectivity index is 1.37. The minimum Gasteiger partial charge on any atom is -0.361 e. The van der Waals surface area contributed by atoms with Gasteiger partial charge in [-0.05, 0) is 50.8 Å². The number of carbonyl (C=O) groups is 1. The maximum Gasteiger partial charge on any atom is 0.232 e. The Bertz CT molecular complexity index is 738. The Kier molecular flexibility index (Phi) is 7.50. The van der Waals surface area contributed by atoms with Gasteiger partial charge in [0.15, 0.2) is 0 Å². The highest BCUT2D eigenvalue weighted by Crippen LogP contribution is 2.21. The molecule has 2 aromatic rings. The number of carbonyl (C=O) groups excluding carboxylic acids is 1. The number of nitrogens with zero attached hydrogens (tertiary/aromatic N) is 4. The number of hydrogen-bond donors (Lipinski definition) is 0. The molecule has 3 rings (SSSR count). The van der Waals surface area contributed by atoms with E-state index in [0.29, 0.717) is 11.8 Å². The van der Waals surface area contributed by atoms with Gasteiger partial charge >= 0.3 is 0 Å². The number of rotatable bonds is 8. The van der Waals surface area contributed by atoms with E-state index in [1.807, 2.05) is 38.2 Å². The van der Waals surface area contributed by atoms with Gasteiger partial charge in [0, 0.05) is 56.4 Å². The molecule has 1 saturated heterocycles. The molecule has 0 aromatic carbocycles. The summed E-state index contributed by atoms with van der Waals surface area (Å²) in [5, 5.41) is 3.97. The molecule has 1 aliphatic rings. The van der Waals surface area contributed by atoms with Crippen LogP contribution in [0.1, 0.15) is 35.4 Å². The molecular formula is C21H30N4O2S. The zero-order valence-corrected chi connectivity index (χ0v) is 17.9. The van der Waals surface area contributed by atoms with E-state index in [1.54, 1.807) is 11.8 Å². The molecule has 0 N–H and O–H groups in total. The average Bonchev–Trinajstić information content (AvgIpc) is 3.05. The third-order valence-corrected chi connectivity index (χ3v) is 6.56. The number of piperidine rings is 1. The van der Waals surface area contributed by atoms with Crippen LogP contribution < -0.4 is 0 Å². The molecule has 0 unspecified atom stereocenters. The molecule has 1 aliphatic heterocycles. The van der Waals surface area contributed by atoms with Gasteiger partial charge in [-0.1, -0.05) is 5.16 Å². The lowest BCUT2D eigenvalue weighted by molar-refractivity contribution is -0.129. The molecule has 6 nitrogen and oxygen atoms in total. The molecule has 1 amide bonds. The topological polar surface area (TPSA) is 62.5 Å². The summed E-state index contributed by atoms with van der Waals surface area (Å²) in [6.07, 6.45) is 6.86. The monoisotopic (exact) mass is 402 g/mol. The van der Waals surface area contributed by atoms with Crippen molar-refractivity contribution in [1.82, 2.24) is 19.9 Å². The third kappa shape index (κ3) is 5.58. The van der Waals surface area contributed by atoms with Crippen molar-refractivity contribution in [3.8, 4) is 0 Å². The lowest BCUT2D eigenvalue weighted by Crippen LogP contribution is -2.46. The van der Waals surface area contributed by atoms with Crippen molar-refractivity contribution in [1.29, 1.82) is 0 Å². The molecule has 1 fully saturated rings. The van der Waals surface area contributed by atoms with E-state index in [1.165, 1.54) is 5.56 Å². The van der Waals surface area contributed by atoms with Crippen LogP contribution in [0.25, 0.3) is 0 Å². The summed E-state index contributed by atoms with van der Waals surface area (Å²) in [4.78, 5) is 21.1. The largest absolute Gasteiger partial charge is 0.361 e. The Morgan fingerprint density at radius 1 is 1.29 bits per heavy atom. The predicted octanol–water partition coefficient (Wildman–Crippen LogP) is 3.09. The van der Waals surface area contributed by atoms with Gasteiger partial charge in [0.2, 0.25) is 5.91 Å². The van der Waals surface area contributed by atoms with Gasteiger partial charge in [-0.2, -0.15) is 0 Å². The van der Waals surface area contributed by atoms with E-state index in [2.05, 4.69) is 27.2 Å². The van der Waals surface area contributed by atoms with Gasteiger partial charge in [0.1, 0.15) is 5.76 Å². The molecule has 152 valence electrons. The summed E-state index contributed by atoms with van der Waals surface area (Å²) in [7, 11) is 1.95.